The Morgan fingerprint density at radius 2 is 2.00 bits per heavy atom. The molecule has 0 aromatic carbocycles. The van der Waals surface area contributed by atoms with Gasteiger partial charge in [0.2, 0.25) is 0 Å². The van der Waals surface area contributed by atoms with Gasteiger partial charge in [-0.3, -0.25) is 4.79 Å². The fourth-order valence-corrected chi connectivity index (χ4v) is 3.23. The van der Waals surface area contributed by atoms with Gasteiger partial charge in [-0.05, 0) is 31.6 Å². The zero-order chi connectivity index (χ0) is 7.42. The summed E-state index contributed by atoms with van der Waals surface area (Å²) < 4.78 is 5.28. The van der Waals surface area contributed by atoms with Crippen LogP contribution in [0.25, 0.3) is 0 Å². The van der Waals surface area contributed by atoms with Crippen molar-refractivity contribution in [1.82, 2.24) is 0 Å². The number of ether oxygens (including phenoxy) is 1. The number of esters is 1. The van der Waals surface area contributed by atoms with Gasteiger partial charge in [0.1, 0.15) is 6.10 Å². The summed E-state index contributed by atoms with van der Waals surface area (Å²) in [6.07, 6.45) is 5.14. The summed E-state index contributed by atoms with van der Waals surface area (Å²) in [5.41, 5.74) is 0. The van der Waals surface area contributed by atoms with E-state index >= 15 is 0 Å². The SMILES string of the molecule is O=C1O[C@H]2CC[C@H]3CC[C@@H]1[C@H]32. The predicted octanol–water partition coefficient (Wildman–Crippen LogP) is 1.35. The van der Waals surface area contributed by atoms with E-state index in [2.05, 4.69) is 0 Å². The van der Waals surface area contributed by atoms with Crippen LogP contribution in [-0.2, 0) is 9.53 Å². The highest BCUT2D eigenvalue weighted by Gasteiger charge is 2.55. The van der Waals surface area contributed by atoms with Crippen molar-refractivity contribution >= 4 is 5.97 Å². The van der Waals surface area contributed by atoms with Crippen LogP contribution in [0, 0.1) is 17.8 Å². The molecule has 3 rings (SSSR count). The van der Waals surface area contributed by atoms with Crippen LogP contribution < -0.4 is 0 Å². The highest BCUT2D eigenvalue weighted by atomic mass is 16.6. The lowest BCUT2D eigenvalue weighted by atomic mass is 9.93. The van der Waals surface area contributed by atoms with Crippen LogP contribution in [-0.4, -0.2) is 12.1 Å². The molecular weight excluding hydrogens is 140 g/mol. The van der Waals surface area contributed by atoms with Crippen LogP contribution >= 0.6 is 0 Å². The van der Waals surface area contributed by atoms with Gasteiger partial charge in [0.05, 0.1) is 5.92 Å². The van der Waals surface area contributed by atoms with E-state index in [1.165, 1.54) is 12.8 Å². The first kappa shape index (κ1) is 6.04. The Balaban J connectivity index is 1.99. The van der Waals surface area contributed by atoms with Crippen LogP contribution in [0.1, 0.15) is 25.7 Å². The number of carbonyl (C=O) groups excluding carboxylic acids is 1. The van der Waals surface area contributed by atoms with Crippen LogP contribution in [0.2, 0.25) is 0 Å². The van der Waals surface area contributed by atoms with E-state index in [-0.39, 0.29) is 5.97 Å². The van der Waals surface area contributed by atoms with E-state index in [0.717, 1.165) is 18.8 Å². The van der Waals surface area contributed by atoms with E-state index in [9.17, 15) is 4.79 Å². The first-order valence-corrected chi connectivity index (χ1v) is 4.57. The van der Waals surface area contributed by atoms with Crippen molar-refractivity contribution in [2.75, 3.05) is 0 Å². The zero-order valence-electron chi connectivity index (χ0n) is 6.45. The molecule has 60 valence electrons. The quantitative estimate of drug-likeness (QED) is 0.490. The molecule has 2 heteroatoms. The monoisotopic (exact) mass is 152 g/mol. The molecule has 0 N–H and O–H groups in total. The Kier molecular flexibility index (Phi) is 0.984. The number of carbonyl (C=O) groups is 1. The molecule has 3 fully saturated rings. The van der Waals surface area contributed by atoms with Crippen molar-refractivity contribution in [3.05, 3.63) is 0 Å². The van der Waals surface area contributed by atoms with E-state index < -0.39 is 0 Å². The molecular formula is C9H12O2. The first-order valence-electron chi connectivity index (χ1n) is 4.57. The third-order valence-corrected chi connectivity index (χ3v) is 3.68. The van der Waals surface area contributed by atoms with Crippen LogP contribution in [0.15, 0.2) is 0 Å². The fraction of sp³-hybridized carbons (Fsp3) is 0.889. The second-order valence-electron chi connectivity index (χ2n) is 4.07. The van der Waals surface area contributed by atoms with Gasteiger partial charge in [-0.25, -0.2) is 0 Å². The summed E-state index contributed by atoms with van der Waals surface area (Å²) in [6, 6.07) is 0. The van der Waals surface area contributed by atoms with Crippen molar-refractivity contribution in [1.29, 1.82) is 0 Å². The van der Waals surface area contributed by atoms with Crippen molar-refractivity contribution in [2.24, 2.45) is 17.8 Å². The Morgan fingerprint density at radius 3 is 2.91 bits per heavy atom. The molecule has 0 amide bonds. The molecule has 11 heavy (non-hydrogen) atoms. The Hall–Kier alpha value is -0.530. The van der Waals surface area contributed by atoms with Gasteiger partial charge in [-0.15, -0.1) is 0 Å². The maximum atomic E-state index is 11.2. The molecule has 3 aliphatic rings. The summed E-state index contributed by atoms with van der Waals surface area (Å²) >= 11 is 0. The zero-order valence-corrected chi connectivity index (χ0v) is 6.45. The largest absolute Gasteiger partial charge is 0.462 e. The lowest BCUT2D eigenvalue weighted by Gasteiger charge is -2.08. The molecule has 0 aromatic rings. The minimum atomic E-state index is 0.0993. The van der Waals surface area contributed by atoms with Gasteiger partial charge in [-0.2, -0.15) is 0 Å². The molecule has 0 spiro atoms. The first-order chi connectivity index (χ1) is 5.36. The summed E-state index contributed by atoms with van der Waals surface area (Å²) in [5, 5.41) is 0. The van der Waals surface area contributed by atoms with Crippen LogP contribution in [0.4, 0.5) is 0 Å². The molecule has 0 unspecified atom stereocenters. The molecule has 2 saturated carbocycles. The normalized spacial score (nSPS) is 52.9. The van der Waals surface area contributed by atoms with Crippen molar-refractivity contribution in [2.45, 2.75) is 31.8 Å². The summed E-state index contributed by atoms with van der Waals surface area (Å²) in [6.45, 7) is 0. The van der Waals surface area contributed by atoms with Crippen molar-refractivity contribution < 1.29 is 9.53 Å². The Labute approximate surface area is 65.9 Å². The van der Waals surface area contributed by atoms with Crippen molar-refractivity contribution in [3.8, 4) is 0 Å². The average molecular weight is 152 g/mol. The Bertz CT molecular complexity index is 212. The third kappa shape index (κ3) is 0.608. The number of rotatable bonds is 0. The molecule has 1 heterocycles. The number of hydrogen-bond acceptors (Lipinski definition) is 2. The summed E-state index contributed by atoms with van der Waals surface area (Å²) in [4.78, 5) is 11.2. The topological polar surface area (TPSA) is 26.3 Å². The second-order valence-corrected chi connectivity index (χ2v) is 4.07. The van der Waals surface area contributed by atoms with Crippen LogP contribution in [0.5, 0.6) is 0 Å². The molecule has 0 bridgehead atoms. The van der Waals surface area contributed by atoms with E-state index in [4.69, 9.17) is 4.74 Å². The lowest BCUT2D eigenvalue weighted by Crippen LogP contribution is -2.13. The fourth-order valence-electron chi connectivity index (χ4n) is 3.23. The maximum Gasteiger partial charge on any atom is 0.309 e. The van der Waals surface area contributed by atoms with Gasteiger partial charge in [-0.1, -0.05) is 0 Å². The van der Waals surface area contributed by atoms with Gasteiger partial charge in [0.15, 0.2) is 0 Å². The van der Waals surface area contributed by atoms with E-state index in [1.807, 2.05) is 0 Å². The third-order valence-electron chi connectivity index (χ3n) is 3.68. The van der Waals surface area contributed by atoms with Gasteiger partial charge >= 0.3 is 5.97 Å². The minimum absolute atomic E-state index is 0.0993. The van der Waals surface area contributed by atoms with Gasteiger partial charge in [0, 0.05) is 5.92 Å². The smallest absolute Gasteiger partial charge is 0.309 e. The van der Waals surface area contributed by atoms with Gasteiger partial charge in [0.25, 0.3) is 0 Å². The molecule has 2 aliphatic carbocycles. The molecule has 0 radical (unpaired) electrons. The lowest BCUT2D eigenvalue weighted by molar-refractivity contribution is -0.144. The summed E-state index contributed by atoms with van der Waals surface area (Å²) in [7, 11) is 0. The highest BCUT2D eigenvalue weighted by Crippen LogP contribution is 2.52. The molecule has 2 nitrogen and oxygen atoms in total. The highest BCUT2D eigenvalue weighted by molar-refractivity contribution is 5.76. The summed E-state index contributed by atoms with van der Waals surface area (Å²) in [5.74, 6) is 1.86. The molecule has 1 aliphatic heterocycles. The second kappa shape index (κ2) is 1.79. The van der Waals surface area contributed by atoms with E-state index in [1.54, 1.807) is 0 Å². The molecule has 1 saturated heterocycles. The average Bonchev–Trinajstić information content (AvgIpc) is 2.53. The minimum Gasteiger partial charge on any atom is -0.462 e. The van der Waals surface area contributed by atoms with Gasteiger partial charge < -0.3 is 4.74 Å². The molecule has 0 aromatic heterocycles. The van der Waals surface area contributed by atoms with Crippen LogP contribution in [0.3, 0.4) is 0 Å². The van der Waals surface area contributed by atoms with E-state index in [0.29, 0.717) is 17.9 Å². The maximum absolute atomic E-state index is 11.2. The standard InChI is InChI=1S/C9H12O2/c10-9-6-3-1-5-2-4-7(11-9)8(5)6/h5-8H,1-4H2/t5-,6-,7+,8+/m1/s1. The molecule has 4 atom stereocenters. The Morgan fingerprint density at radius 1 is 1.18 bits per heavy atom. The number of hydrogen-bond donors (Lipinski definition) is 0. The van der Waals surface area contributed by atoms with Crippen molar-refractivity contribution in [3.63, 3.8) is 0 Å². The predicted molar refractivity (Wildman–Crippen MR) is 38.8 cm³/mol.